The minimum absolute atomic E-state index is 0.326. The maximum atomic E-state index is 12.3. The van der Waals surface area contributed by atoms with Crippen LogP contribution in [-0.4, -0.2) is 37.6 Å². The van der Waals surface area contributed by atoms with Gasteiger partial charge in [0.1, 0.15) is 18.1 Å². The van der Waals surface area contributed by atoms with E-state index in [4.69, 9.17) is 9.47 Å². The lowest BCUT2D eigenvalue weighted by Crippen LogP contribution is -2.05. The Morgan fingerprint density at radius 3 is 2.44 bits per heavy atom. The van der Waals surface area contributed by atoms with Gasteiger partial charge in [0, 0.05) is 23.4 Å². The van der Waals surface area contributed by atoms with Crippen LogP contribution >= 0.6 is 11.8 Å². The predicted molar refractivity (Wildman–Crippen MR) is 107 cm³/mol. The van der Waals surface area contributed by atoms with Crippen LogP contribution in [0.3, 0.4) is 0 Å². The second kappa shape index (κ2) is 9.57. The predicted octanol–water partition coefficient (Wildman–Crippen LogP) is 3.30. The van der Waals surface area contributed by atoms with Crippen molar-refractivity contribution in [1.29, 1.82) is 0 Å². The SMILES string of the molecule is COc1ccc(OCc2nnc(SCC[S@@](=O)c3ccccc3)n2C)cc1. The number of aromatic nitrogens is 3. The number of hydrogen-bond donors (Lipinski definition) is 0. The molecule has 0 saturated carbocycles. The van der Waals surface area contributed by atoms with Crippen LogP contribution in [0, 0.1) is 0 Å². The Morgan fingerprint density at radius 1 is 1.04 bits per heavy atom. The first-order valence-corrected chi connectivity index (χ1v) is 10.7. The summed E-state index contributed by atoms with van der Waals surface area (Å²) in [4.78, 5) is 0.852. The lowest BCUT2D eigenvalue weighted by molar-refractivity contribution is 0.290. The summed E-state index contributed by atoms with van der Waals surface area (Å²) in [5.41, 5.74) is 0. The first-order valence-electron chi connectivity index (χ1n) is 8.38. The Bertz CT molecular complexity index is 883. The number of methoxy groups -OCH3 is 1. The van der Waals surface area contributed by atoms with E-state index in [-0.39, 0.29) is 0 Å². The quantitative estimate of drug-likeness (QED) is 0.511. The van der Waals surface area contributed by atoms with E-state index in [1.54, 1.807) is 18.9 Å². The van der Waals surface area contributed by atoms with E-state index in [2.05, 4.69) is 10.2 Å². The molecular formula is C19H21N3O3S2. The van der Waals surface area contributed by atoms with Crippen molar-refractivity contribution < 1.29 is 13.7 Å². The summed E-state index contributed by atoms with van der Waals surface area (Å²) in [6.07, 6.45) is 0. The summed E-state index contributed by atoms with van der Waals surface area (Å²) < 4.78 is 25.0. The summed E-state index contributed by atoms with van der Waals surface area (Å²) in [6.45, 7) is 0.326. The van der Waals surface area contributed by atoms with Crippen molar-refractivity contribution in [3.05, 3.63) is 60.4 Å². The van der Waals surface area contributed by atoms with Crippen molar-refractivity contribution in [3.63, 3.8) is 0 Å². The molecule has 1 aromatic heterocycles. The van der Waals surface area contributed by atoms with Crippen LogP contribution in [0.25, 0.3) is 0 Å². The number of hydrogen-bond acceptors (Lipinski definition) is 6. The molecule has 3 aromatic rings. The summed E-state index contributed by atoms with van der Waals surface area (Å²) in [6, 6.07) is 16.9. The van der Waals surface area contributed by atoms with Crippen LogP contribution in [0.1, 0.15) is 5.82 Å². The van der Waals surface area contributed by atoms with Gasteiger partial charge in [-0.1, -0.05) is 30.0 Å². The van der Waals surface area contributed by atoms with Crippen LogP contribution in [0.5, 0.6) is 11.5 Å². The fourth-order valence-electron chi connectivity index (χ4n) is 2.32. The maximum Gasteiger partial charge on any atom is 0.191 e. The zero-order valence-corrected chi connectivity index (χ0v) is 16.8. The van der Waals surface area contributed by atoms with Gasteiger partial charge in [0.15, 0.2) is 11.0 Å². The summed E-state index contributed by atoms with van der Waals surface area (Å²) in [5.74, 6) is 3.53. The van der Waals surface area contributed by atoms with E-state index in [9.17, 15) is 4.21 Å². The maximum absolute atomic E-state index is 12.3. The van der Waals surface area contributed by atoms with Crippen molar-refractivity contribution >= 4 is 22.6 Å². The standard InChI is InChI=1S/C19H21N3O3S2/c1-22-18(14-25-16-10-8-15(24-2)9-11-16)20-21-19(22)26-12-13-27(23)17-6-4-3-5-7-17/h3-11H,12-14H2,1-2H3/t27-/m1/s1. The first kappa shape index (κ1) is 19.4. The van der Waals surface area contributed by atoms with E-state index < -0.39 is 10.8 Å². The topological polar surface area (TPSA) is 66.2 Å². The van der Waals surface area contributed by atoms with Crippen molar-refractivity contribution in [3.8, 4) is 11.5 Å². The van der Waals surface area contributed by atoms with E-state index in [0.717, 1.165) is 27.4 Å². The van der Waals surface area contributed by atoms with Crippen molar-refractivity contribution in [2.75, 3.05) is 18.6 Å². The molecule has 0 radical (unpaired) electrons. The molecule has 0 aliphatic heterocycles. The minimum atomic E-state index is -1.00. The average molecular weight is 404 g/mol. The summed E-state index contributed by atoms with van der Waals surface area (Å²) in [7, 11) is 2.53. The zero-order chi connectivity index (χ0) is 19.1. The van der Waals surface area contributed by atoms with Crippen molar-refractivity contribution in [2.24, 2.45) is 7.05 Å². The second-order valence-electron chi connectivity index (χ2n) is 5.63. The normalized spacial score (nSPS) is 11.9. The minimum Gasteiger partial charge on any atom is -0.497 e. The molecule has 1 atom stereocenters. The van der Waals surface area contributed by atoms with Gasteiger partial charge in [-0.25, -0.2) is 0 Å². The molecular weight excluding hydrogens is 382 g/mol. The summed E-state index contributed by atoms with van der Waals surface area (Å²) >= 11 is 1.54. The lowest BCUT2D eigenvalue weighted by atomic mass is 10.3. The third-order valence-corrected chi connectivity index (χ3v) is 6.51. The van der Waals surface area contributed by atoms with Crippen LogP contribution < -0.4 is 9.47 Å². The number of thioether (sulfide) groups is 1. The molecule has 0 N–H and O–H groups in total. The van der Waals surface area contributed by atoms with Gasteiger partial charge in [0.2, 0.25) is 0 Å². The monoisotopic (exact) mass is 403 g/mol. The highest BCUT2D eigenvalue weighted by atomic mass is 32.2. The Hall–Kier alpha value is -2.32. The molecule has 2 aromatic carbocycles. The molecule has 142 valence electrons. The molecule has 0 unspecified atom stereocenters. The lowest BCUT2D eigenvalue weighted by Gasteiger charge is -2.07. The highest BCUT2D eigenvalue weighted by Crippen LogP contribution is 2.20. The molecule has 0 aliphatic rings. The van der Waals surface area contributed by atoms with Crippen LogP contribution in [0.4, 0.5) is 0 Å². The smallest absolute Gasteiger partial charge is 0.191 e. The summed E-state index contributed by atoms with van der Waals surface area (Å²) in [5, 5.41) is 9.17. The van der Waals surface area contributed by atoms with E-state index >= 15 is 0 Å². The van der Waals surface area contributed by atoms with Crippen LogP contribution in [-0.2, 0) is 24.5 Å². The van der Waals surface area contributed by atoms with Gasteiger partial charge in [-0.05, 0) is 36.4 Å². The first-order chi connectivity index (χ1) is 13.2. The second-order valence-corrected chi connectivity index (χ2v) is 8.27. The van der Waals surface area contributed by atoms with Gasteiger partial charge in [-0.15, -0.1) is 10.2 Å². The molecule has 0 amide bonds. The van der Waals surface area contributed by atoms with Gasteiger partial charge in [-0.2, -0.15) is 0 Å². The zero-order valence-electron chi connectivity index (χ0n) is 15.2. The molecule has 0 fully saturated rings. The Morgan fingerprint density at radius 2 is 1.74 bits per heavy atom. The highest BCUT2D eigenvalue weighted by Gasteiger charge is 2.11. The third kappa shape index (κ3) is 5.33. The fraction of sp³-hybridized carbons (Fsp3) is 0.263. The molecule has 3 rings (SSSR count). The number of ether oxygens (including phenoxy) is 2. The Kier molecular flexibility index (Phi) is 6.89. The number of rotatable bonds is 9. The molecule has 1 heterocycles. The highest BCUT2D eigenvalue weighted by molar-refractivity contribution is 8.00. The fourth-order valence-corrected chi connectivity index (χ4v) is 4.53. The molecule has 0 saturated heterocycles. The van der Waals surface area contributed by atoms with E-state index in [0.29, 0.717) is 18.1 Å². The molecule has 8 heteroatoms. The van der Waals surface area contributed by atoms with Gasteiger partial charge in [-0.3, -0.25) is 4.21 Å². The number of nitrogens with zero attached hydrogens (tertiary/aromatic N) is 3. The van der Waals surface area contributed by atoms with Crippen LogP contribution in [0.2, 0.25) is 0 Å². The molecule has 6 nitrogen and oxygen atoms in total. The van der Waals surface area contributed by atoms with Crippen molar-refractivity contribution in [1.82, 2.24) is 14.8 Å². The van der Waals surface area contributed by atoms with Gasteiger partial charge < -0.3 is 14.0 Å². The molecule has 0 bridgehead atoms. The van der Waals surface area contributed by atoms with Gasteiger partial charge in [0.25, 0.3) is 0 Å². The Labute approximate surface area is 165 Å². The molecule has 27 heavy (non-hydrogen) atoms. The molecule has 0 spiro atoms. The van der Waals surface area contributed by atoms with Gasteiger partial charge in [0.05, 0.1) is 17.9 Å². The van der Waals surface area contributed by atoms with E-state index in [1.807, 2.05) is 66.2 Å². The van der Waals surface area contributed by atoms with Crippen molar-refractivity contribution in [2.45, 2.75) is 16.7 Å². The van der Waals surface area contributed by atoms with Crippen LogP contribution in [0.15, 0.2) is 64.6 Å². The molecule has 0 aliphatic carbocycles. The van der Waals surface area contributed by atoms with E-state index in [1.165, 1.54) is 0 Å². The number of benzene rings is 2. The largest absolute Gasteiger partial charge is 0.497 e. The average Bonchev–Trinajstić information content (AvgIpc) is 3.07. The van der Waals surface area contributed by atoms with Gasteiger partial charge >= 0.3 is 0 Å². The third-order valence-electron chi connectivity index (χ3n) is 3.86. The Balaban J connectivity index is 1.50.